The standard InChI is InChI=1S/C27H29F3N5O2.Y/c1-34-13-10-20(11-14-34)32-33-23-6-3-7-25-22(23)16-21(35(25)18-27(28,29)30)5-4-12-31-24-9-8-19(17-36)15-26(24)37-2;/h3,6-9,15-17,20,31,33H,10-14,18H2,1-2H3;/q-1;. The van der Waals surface area contributed by atoms with Gasteiger partial charge in [0.05, 0.1) is 30.6 Å². The number of nitrogens with one attached hydrogen (secondary N) is 2. The molecule has 4 rings (SSSR count). The minimum atomic E-state index is -4.41. The van der Waals surface area contributed by atoms with Crippen LogP contribution in [0, 0.1) is 11.8 Å². The van der Waals surface area contributed by atoms with E-state index in [1.54, 1.807) is 36.4 Å². The molecule has 3 aromatic rings. The summed E-state index contributed by atoms with van der Waals surface area (Å²) in [7, 11) is 3.56. The number of likely N-dealkylation sites (tertiary alicyclic amines) is 1. The van der Waals surface area contributed by atoms with Crippen molar-refractivity contribution >= 4 is 28.6 Å². The first kappa shape index (κ1) is 30.0. The number of ether oxygens (including phenoxy) is 1. The largest absolute Gasteiger partial charge is 0.568 e. The second-order valence-electron chi connectivity index (χ2n) is 8.98. The van der Waals surface area contributed by atoms with E-state index in [9.17, 15) is 18.0 Å². The van der Waals surface area contributed by atoms with Gasteiger partial charge in [0.1, 0.15) is 18.6 Å². The number of methoxy groups -OCH3 is 1. The Labute approximate surface area is 245 Å². The molecule has 0 amide bonds. The maximum Gasteiger partial charge on any atom is 0.406 e. The molecule has 0 saturated carbocycles. The number of aldehydes is 1. The summed E-state index contributed by atoms with van der Waals surface area (Å²) >= 11 is 0. The second kappa shape index (κ2) is 13.5. The monoisotopic (exact) mass is 601 g/mol. The van der Waals surface area contributed by atoms with Gasteiger partial charge in [-0.25, -0.2) is 0 Å². The molecule has 2 aromatic carbocycles. The number of nitrogens with zero attached hydrogens (tertiary/aromatic N) is 3. The first-order chi connectivity index (χ1) is 17.8. The Morgan fingerprint density at radius 3 is 2.61 bits per heavy atom. The summed E-state index contributed by atoms with van der Waals surface area (Å²) in [5.41, 5.74) is 10.1. The number of carbonyl (C=O) groups is 1. The van der Waals surface area contributed by atoms with Crippen molar-refractivity contribution in [2.75, 3.05) is 44.5 Å². The van der Waals surface area contributed by atoms with Crippen molar-refractivity contribution in [3.8, 4) is 17.6 Å². The molecule has 1 radical (unpaired) electrons. The van der Waals surface area contributed by atoms with E-state index < -0.39 is 12.7 Å². The van der Waals surface area contributed by atoms with Crippen LogP contribution in [0.25, 0.3) is 16.3 Å². The minimum Gasteiger partial charge on any atom is -0.568 e. The zero-order chi connectivity index (χ0) is 26.4. The molecule has 1 fully saturated rings. The molecule has 1 aromatic heterocycles. The SMILES string of the molecule is COc1cc(C=O)ccc1NCC#Cc1cc2c(N[N-]C3CCN(C)CC3)cccc2n1CC(F)(F)F.[Y]. The van der Waals surface area contributed by atoms with E-state index in [0.29, 0.717) is 33.6 Å². The van der Waals surface area contributed by atoms with Gasteiger partial charge in [-0.05, 0) is 62.5 Å². The van der Waals surface area contributed by atoms with E-state index >= 15 is 0 Å². The normalized spacial score (nSPS) is 14.3. The Hall–Kier alpha value is -2.58. The molecule has 199 valence electrons. The number of halogens is 3. The molecule has 0 aliphatic carbocycles. The first-order valence-electron chi connectivity index (χ1n) is 12.0. The van der Waals surface area contributed by atoms with Crippen LogP contribution in [0.15, 0.2) is 42.5 Å². The van der Waals surface area contributed by atoms with Crippen LogP contribution in [0.5, 0.6) is 5.75 Å². The summed E-state index contributed by atoms with van der Waals surface area (Å²) in [5.74, 6) is 6.26. The van der Waals surface area contributed by atoms with Gasteiger partial charge in [-0.2, -0.15) is 13.2 Å². The van der Waals surface area contributed by atoms with Gasteiger partial charge >= 0.3 is 6.18 Å². The van der Waals surface area contributed by atoms with Gasteiger partial charge in [0, 0.05) is 49.3 Å². The zero-order valence-electron chi connectivity index (χ0n) is 21.3. The Morgan fingerprint density at radius 2 is 1.92 bits per heavy atom. The molecule has 11 heteroatoms. The fraction of sp³-hybridized carbons (Fsp3) is 0.370. The summed E-state index contributed by atoms with van der Waals surface area (Å²) in [4.78, 5) is 13.2. The summed E-state index contributed by atoms with van der Waals surface area (Å²) in [6.07, 6.45) is -1.83. The van der Waals surface area contributed by atoms with Crippen LogP contribution in [0.3, 0.4) is 0 Å². The van der Waals surface area contributed by atoms with Gasteiger partial charge in [-0.15, -0.1) is 6.04 Å². The molecule has 1 saturated heterocycles. The Balaban J connectivity index is 0.00000400. The van der Waals surface area contributed by atoms with E-state index in [2.05, 4.69) is 40.0 Å². The number of hydrogen-bond acceptors (Lipinski definition) is 5. The van der Waals surface area contributed by atoms with Crippen molar-refractivity contribution < 1.29 is 55.4 Å². The molecule has 2 N–H and O–H groups in total. The fourth-order valence-corrected chi connectivity index (χ4v) is 4.32. The van der Waals surface area contributed by atoms with Gasteiger partial charge in [-0.1, -0.05) is 24.8 Å². The van der Waals surface area contributed by atoms with Gasteiger partial charge < -0.3 is 30.4 Å². The molecule has 2 heterocycles. The fourth-order valence-electron chi connectivity index (χ4n) is 4.32. The van der Waals surface area contributed by atoms with Crippen molar-refractivity contribution in [2.45, 2.75) is 31.6 Å². The van der Waals surface area contributed by atoms with E-state index in [4.69, 9.17) is 4.74 Å². The third kappa shape index (κ3) is 7.73. The number of hydrogen-bond donors (Lipinski definition) is 2. The average Bonchev–Trinajstić information content (AvgIpc) is 3.22. The number of alkyl halides is 3. The summed E-state index contributed by atoms with van der Waals surface area (Å²) < 4.78 is 46.8. The maximum absolute atomic E-state index is 13.4. The van der Waals surface area contributed by atoms with Crippen LogP contribution in [0.1, 0.15) is 28.9 Å². The van der Waals surface area contributed by atoms with E-state index in [0.717, 1.165) is 32.2 Å². The average molecular weight is 601 g/mol. The van der Waals surface area contributed by atoms with Crippen LogP contribution in [-0.4, -0.2) is 61.8 Å². The smallest absolute Gasteiger partial charge is 0.406 e. The van der Waals surface area contributed by atoms with Gasteiger partial charge in [0.2, 0.25) is 0 Å². The summed E-state index contributed by atoms with van der Waals surface area (Å²) in [5, 5.41) is 3.71. The molecule has 1 aliphatic rings. The van der Waals surface area contributed by atoms with Gasteiger partial charge in [-0.3, -0.25) is 4.79 Å². The van der Waals surface area contributed by atoms with Crippen molar-refractivity contribution in [3.63, 3.8) is 0 Å². The molecule has 0 bridgehead atoms. The van der Waals surface area contributed by atoms with Crippen LogP contribution >= 0.6 is 0 Å². The molecule has 38 heavy (non-hydrogen) atoms. The third-order valence-electron chi connectivity index (χ3n) is 6.28. The van der Waals surface area contributed by atoms with Gasteiger partial charge in [0.25, 0.3) is 0 Å². The molecular weight excluding hydrogens is 572 g/mol. The number of piperidine rings is 1. The predicted molar refractivity (Wildman–Crippen MR) is 139 cm³/mol. The Kier molecular flexibility index (Phi) is 10.6. The number of benzene rings is 2. The van der Waals surface area contributed by atoms with Crippen LogP contribution in [0.2, 0.25) is 0 Å². The van der Waals surface area contributed by atoms with Gasteiger partial charge in [0.15, 0.2) is 0 Å². The Morgan fingerprint density at radius 1 is 1.16 bits per heavy atom. The van der Waals surface area contributed by atoms with E-state index in [1.165, 1.54) is 11.7 Å². The zero-order valence-corrected chi connectivity index (χ0v) is 24.1. The molecule has 0 spiro atoms. The van der Waals surface area contributed by atoms with Crippen molar-refractivity contribution in [1.29, 1.82) is 0 Å². The number of carbonyl (C=O) groups excluding carboxylic acids is 1. The molecule has 0 atom stereocenters. The minimum absolute atomic E-state index is 0. The first-order valence-corrected chi connectivity index (χ1v) is 12.0. The molecule has 7 nitrogen and oxygen atoms in total. The number of rotatable bonds is 8. The van der Waals surface area contributed by atoms with Crippen molar-refractivity contribution in [3.05, 3.63) is 59.1 Å². The molecule has 1 aliphatic heterocycles. The topological polar surface area (TPSA) is 72.6 Å². The third-order valence-corrected chi connectivity index (χ3v) is 6.28. The van der Waals surface area contributed by atoms with E-state index in [-0.39, 0.29) is 51.0 Å². The van der Waals surface area contributed by atoms with Crippen molar-refractivity contribution in [1.82, 2.24) is 9.47 Å². The van der Waals surface area contributed by atoms with Crippen LogP contribution < -0.4 is 15.5 Å². The number of anilines is 2. The van der Waals surface area contributed by atoms with Crippen LogP contribution in [-0.2, 0) is 39.3 Å². The number of aromatic nitrogens is 1. The summed E-state index contributed by atoms with van der Waals surface area (Å²) in [6, 6.07) is 11.9. The predicted octanol–water partition coefficient (Wildman–Crippen LogP) is 5.28. The Bertz CT molecular complexity index is 1310. The molecular formula is C27H29F3N5O2Y-. The van der Waals surface area contributed by atoms with E-state index in [1.807, 2.05) is 6.07 Å². The van der Waals surface area contributed by atoms with Crippen molar-refractivity contribution in [2.24, 2.45) is 0 Å². The van der Waals surface area contributed by atoms with Crippen LogP contribution in [0.4, 0.5) is 24.5 Å². The quantitative estimate of drug-likeness (QED) is 0.209. The maximum atomic E-state index is 13.4. The molecule has 0 unspecified atom stereocenters. The summed E-state index contributed by atoms with van der Waals surface area (Å²) in [6.45, 7) is 0.942. The number of fused-ring (bicyclic) bond motifs is 1. The second-order valence-corrected chi connectivity index (χ2v) is 8.98.